The Morgan fingerprint density at radius 2 is 2.07 bits per heavy atom. The molecule has 2 aromatic rings. The molecule has 1 saturated heterocycles. The number of hydrogen-bond acceptors (Lipinski definition) is 5. The number of ether oxygens (including phenoxy) is 1. The van der Waals surface area contributed by atoms with E-state index in [-0.39, 0.29) is 11.3 Å². The van der Waals surface area contributed by atoms with Gasteiger partial charge in [0.2, 0.25) is 0 Å². The quantitative estimate of drug-likeness (QED) is 0.826. The molecular formula is C21H29N5O2. The molecule has 0 unspecified atom stereocenters. The molecular weight excluding hydrogens is 354 g/mol. The molecule has 1 amide bonds. The summed E-state index contributed by atoms with van der Waals surface area (Å²) in [6.07, 6.45) is 4.71. The fraction of sp³-hybridized carbons (Fsp3) is 0.667. The Hall–Kier alpha value is -1.99. The van der Waals surface area contributed by atoms with Crippen LogP contribution in [0.2, 0.25) is 0 Å². The maximum absolute atomic E-state index is 13.2. The van der Waals surface area contributed by atoms with E-state index in [1.807, 2.05) is 20.0 Å². The van der Waals surface area contributed by atoms with Crippen molar-refractivity contribution >= 4 is 16.9 Å². The van der Waals surface area contributed by atoms with Gasteiger partial charge in [0.1, 0.15) is 0 Å². The van der Waals surface area contributed by atoms with E-state index in [1.165, 1.54) is 25.7 Å². The van der Waals surface area contributed by atoms with E-state index < -0.39 is 0 Å². The van der Waals surface area contributed by atoms with Gasteiger partial charge < -0.3 is 10.1 Å². The number of carbonyl (C=O) groups is 1. The van der Waals surface area contributed by atoms with Gasteiger partial charge in [-0.2, -0.15) is 5.10 Å². The second-order valence-corrected chi connectivity index (χ2v) is 8.85. The van der Waals surface area contributed by atoms with Crippen LogP contribution in [0.3, 0.4) is 0 Å². The Bertz CT molecular complexity index is 907. The predicted octanol–water partition coefficient (Wildman–Crippen LogP) is 2.00. The van der Waals surface area contributed by atoms with Gasteiger partial charge in [-0.1, -0.05) is 0 Å². The van der Waals surface area contributed by atoms with E-state index in [4.69, 9.17) is 9.72 Å². The Morgan fingerprint density at radius 1 is 1.32 bits per heavy atom. The van der Waals surface area contributed by atoms with Crippen molar-refractivity contribution in [3.8, 4) is 0 Å². The van der Waals surface area contributed by atoms with Crippen molar-refractivity contribution < 1.29 is 9.53 Å². The molecule has 3 fully saturated rings. The molecule has 2 aromatic heterocycles. The monoisotopic (exact) mass is 383 g/mol. The lowest BCUT2D eigenvalue weighted by molar-refractivity contribution is 0.0283. The summed E-state index contributed by atoms with van der Waals surface area (Å²) in [7, 11) is 1.90. The average molecular weight is 383 g/mol. The molecule has 7 nitrogen and oxygen atoms in total. The highest BCUT2D eigenvalue weighted by Gasteiger charge is 2.44. The summed E-state index contributed by atoms with van der Waals surface area (Å²) in [4.78, 5) is 20.4. The summed E-state index contributed by atoms with van der Waals surface area (Å²) in [5, 5.41) is 8.64. The van der Waals surface area contributed by atoms with Crippen molar-refractivity contribution in [3.05, 3.63) is 23.0 Å². The smallest absolute Gasteiger partial charge is 0.252 e. The van der Waals surface area contributed by atoms with Crippen LogP contribution in [-0.2, 0) is 11.8 Å². The van der Waals surface area contributed by atoms with Crippen molar-refractivity contribution in [2.45, 2.75) is 38.5 Å². The van der Waals surface area contributed by atoms with Crippen LogP contribution >= 0.6 is 0 Å². The van der Waals surface area contributed by atoms with Gasteiger partial charge in [0.25, 0.3) is 5.91 Å². The van der Waals surface area contributed by atoms with Gasteiger partial charge in [-0.25, -0.2) is 4.98 Å². The zero-order valence-corrected chi connectivity index (χ0v) is 16.8. The van der Waals surface area contributed by atoms with Crippen LogP contribution in [0.15, 0.2) is 6.07 Å². The van der Waals surface area contributed by atoms with Crippen LogP contribution in [0.4, 0.5) is 0 Å². The Labute approximate surface area is 165 Å². The van der Waals surface area contributed by atoms with Gasteiger partial charge in [-0.05, 0) is 38.7 Å². The number of fused-ring (bicyclic) bond motifs is 1. The third-order valence-electron chi connectivity index (χ3n) is 6.47. The summed E-state index contributed by atoms with van der Waals surface area (Å²) in [5.74, 6) is 0.515. The van der Waals surface area contributed by atoms with Gasteiger partial charge >= 0.3 is 0 Å². The van der Waals surface area contributed by atoms with E-state index in [9.17, 15) is 4.79 Å². The van der Waals surface area contributed by atoms with Crippen molar-refractivity contribution in [2.24, 2.45) is 12.5 Å². The van der Waals surface area contributed by atoms with E-state index >= 15 is 0 Å². The average Bonchev–Trinajstić information content (AvgIpc) is 3.61. The molecule has 1 aliphatic heterocycles. The Balaban J connectivity index is 1.34. The van der Waals surface area contributed by atoms with Gasteiger partial charge in [-0.15, -0.1) is 0 Å². The largest absolute Gasteiger partial charge is 0.379 e. The zero-order chi connectivity index (χ0) is 19.3. The lowest BCUT2D eigenvalue weighted by atomic mass is 10.0. The molecule has 0 spiro atoms. The van der Waals surface area contributed by atoms with Crippen LogP contribution in [-0.4, -0.2) is 65.0 Å². The first-order valence-corrected chi connectivity index (χ1v) is 10.5. The van der Waals surface area contributed by atoms with Crippen LogP contribution in [0.1, 0.15) is 53.3 Å². The van der Waals surface area contributed by atoms with Crippen molar-refractivity contribution in [1.82, 2.24) is 25.0 Å². The van der Waals surface area contributed by atoms with Crippen molar-refractivity contribution in [3.63, 3.8) is 0 Å². The molecule has 2 aliphatic carbocycles. The summed E-state index contributed by atoms with van der Waals surface area (Å²) in [6, 6.07) is 2.01. The van der Waals surface area contributed by atoms with Crippen LogP contribution in [0, 0.1) is 12.3 Å². The first kappa shape index (κ1) is 18.1. The second kappa shape index (κ2) is 6.81. The number of pyridine rings is 1. The molecule has 5 rings (SSSR count). The second-order valence-electron chi connectivity index (χ2n) is 8.85. The topological polar surface area (TPSA) is 72.3 Å². The standard InChI is InChI=1S/C21H29N5O2/c1-14-18-16(11-17(15-3-4-15)23-19(18)25(2)24-14)20(27)22-12-21(5-6-21)13-26-7-9-28-10-8-26/h11,15H,3-10,12-13H2,1-2H3,(H,22,27). The van der Waals surface area contributed by atoms with Crippen molar-refractivity contribution in [1.29, 1.82) is 0 Å². The summed E-state index contributed by atoms with van der Waals surface area (Å²) < 4.78 is 7.25. The number of morpholine rings is 1. The lowest BCUT2D eigenvalue weighted by Crippen LogP contribution is -2.43. The molecule has 3 aliphatic rings. The third kappa shape index (κ3) is 3.42. The van der Waals surface area contributed by atoms with Crippen LogP contribution < -0.4 is 5.32 Å². The number of hydrogen-bond donors (Lipinski definition) is 1. The molecule has 28 heavy (non-hydrogen) atoms. The Morgan fingerprint density at radius 3 is 2.75 bits per heavy atom. The minimum Gasteiger partial charge on any atom is -0.379 e. The number of amides is 1. The Kier molecular flexibility index (Phi) is 4.39. The summed E-state index contributed by atoms with van der Waals surface area (Å²) in [5.41, 5.74) is 3.70. The maximum Gasteiger partial charge on any atom is 0.252 e. The molecule has 7 heteroatoms. The highest BCUT2D eigenvalue weighted by atomic mass is 16.5. The molecule has 3 heterocycles. The van der Waals surface area contributed by atoms with E-state index in [2.05, 4.69) is 15.3 Å². The highest BCUT2D eigenvalue weighted by Crippen LogP contribution is 2.46. The SMILES string of the molecule is Cc1nn(C)c2nc(C3CC3)cc(C(=O)NCC3(CN4CCOCC4)CC3)c12. The van der Waals surface area contributed by atoms with Crippen LogP contribution in [0.25, 0.3) is 11.0 Å². The molecule has 2 saturated carbocycles. The summed E-state index contributed by atoms with van der Waals surface area (Å²) in [6.45, 7) is 7.40. The fourth-order valence-electron chi connectivity index (χ4n) is 4.40. The van der Waals surface area contributed by atoms with Gasteiger partial charge in [0.05, 0.1) is 29.9 Å². The normalized spacial score (nSPS) is 21.8. The zero-order valence-electron chi connectivity index (χ0n) is 16.8. The molecule has 0 radical (unpaired) electrons. The molecule has 0 bridgehead atoms. The predicted molar refractivity (Wildman–Crippen MR) is 106 cm³/mol. The number of nitrogens with zero attached hydrogens (tertiary/aromatic N) is 4. The van der Waals surface area contributed by atoms with Gasteiger partial charge in [0.15, 0.2) is 5.65 Å². The first-order valence-electron chi connectivity index (χ1n) is 10.5. The fourth-order valence-corrected chi connectivity index (χ4v) is 4.40. The number of nitrogens with one attached hydrogen (secondary N) is 1. The van der Waals surface area contributed by atoms with E-state index in [1.54, 1.807) is 4.68 Å². The molecule has 0 aromatic carbocycles. The molecule has 0 atom stereocenters. The minimum atomic E-state index is 0.0126. The third-order valence-corrected chi connectivity index (χ3v) is 6.47. The maximum atomic E-state index is 13.2. The van der Waals surface area contributed by atoms with E-state index in [0.717, 1.165) is 67.4 Å². The molecule has 150 valence electrons. The minimum absolute atomic E-state index is 0.0126. The van der Waals surface area contributed by atoms with Crippen LogP contribution in [0.5, 0.6) is 0 Å². The number of aromatic nitrogens is 3. The van der Waals surface area contributed by atoms with Gasteiger partial charge in [0, 0.05) is 50.3 Å². The van der Waals surface area contributed by atoms with Gasteiger partial charge in [-0.3, -0.25) is 14.4 Å². The number of rotatable bonds is 6. The first-order chi connectivity index (χ1) is 13.5. The number of carbonyl (C=O) groups excluding carboxylic acids is 1. The summed E-state index contributed by atoms with van der Waals surface area (Å²) >= 11 is 0. The van der Waals surface area contributed by atoms with Crippen molar-refractivity contribution in [2.75, 3.05) is 39.4 Å². The van der Waals surface area contributed by atoms with E-state index in [0.29, 0.717) is 5.92 Å². The molecule has 1 N–H and O–H groups in total. The number of aryl methyl sites for hydroxylation is 2. The highest BCUT2D eigenvalue weighted by molar-refractivity contribution is 6.06. The lowest BCUT2D eigenvalue weighted by Gasteiger charge is -2.30.